The van der Waals surface area contributed by atoms with Gasteiger partial charge in [-0.3, -0.25) is 14.5 Å². The number of ether oxygens (including phenoxy) is 1. The van der Waals surface area contributed by atoms with Crippen LogP contribution in [0.3, 0.4) is 0 Å². The molecule has 0 saturated carbocycles. The summed E-state index contributed by atoms with van der Waals surface area (Å²) in [6.07, 6.45) is 0. The Morgan fingerprint density at radius 1 is 1.31 bits per heavy atom. The Morgan fingerprint density at radius 3 is 2.69 bits per heavy atom. The molecule has 2 N–H and O–H groups in total. The van der Waals surface area contributed by atoms with Crippen LogP contribution in [0.5, 0.6) is 0 Å². The van der Waals surface area contributed by atoms with E-state index in [4.69, 9.17) is 9.57 Å². The predicted octanol–water partition coefficient (Wildman–Crippen LogP) is 1.90. The summed E-state index contributed by atoms with van der Waals surface area (Å²) in [6.45, 7) is 6.41. The molecule has 2 aliphatic rings. The molecule has 39 heavy (non-hydrogen) atoms. The van der Waals surface area contributed by atoms with Crippen molar-refractivity contribution in [3.05, 3.63) is 32.9 Å². The van der Waals surface area contributed by atoms with Crippen LogP contribution in [-0.2, 0) is 28.8 Å². The van der Waals surface area contributed by atoms with Crippen LogP contribution in [0, 0.1) is 6.92 Å². The van der Waals surface area contributed by atoms with Crippen LogP contribution in [0.2, 0.25) is 0 Å². The highest BCUT2D eigenvalue weighted by atomic mass is 32.2. The van der Waals surface area contributed by atoms with Gasteiger partial charge in [0.1, 0.15) is 33.4 Å². The Kier molecular flexibility index (Phi) is 8.93. The second kappa shape index (κ2) is 12.0. The minimum absolute atomic E-state index is 0.0860. The van der Waals surface area contributed by atoms with E-state index in [-0.39, 0.29) is 17.1 Å². The zero-order valence-electron chi connectivity index (χ0n) is 21.2. The lowest BCUT2D eigenvalue weighted by Gasteiger charge is -2.49. The number of thiazole rings is 1. The van der Waals surface area contributed by atoms with Crippen LogP contribution >= 0.6 is 46.2 Å². The number of nitrogens with zero attached hydrogens (tertiary/aromatic N) is 5. The maximum atomic E-state index is 13.1. The van der Waals surface area contributed by atoms with Gasteiger partial charge < -0.3 is 20.0 Å². The van der Waals surface area contributed by atoms with Crippen molar-refractivity contribution in [3.63, 3.8) is 0 Å². The highest BCUT2D eigenvalue weighted by Crippen LogP contribution is 2.41. The first-order valence-corrected chi connectivity index (χ1v) is 15.2. The molecule has 1 saturated heterocycles. The van der Waals surface area contributed by atoms with Crippen molar-refractivity contribution in [3.8, 4) is 0 Å². The number of carbonyl (C=O) groups is 4. The number of aromatic nitrogens is 3. The number of aliphatic carboxylic acids is 1. The summed E-state index contributed by atoms with van der Waals surface area (Å²) < 4.78 is 5.86. The van der Waals surface area contributed by atoms with Crippen molar-refractivity contribution in [2.24, 2.45) is 5.16 Å². The second-order valence-corrected chi connectivity index (χ2v) is 13.4. The fourth-order valence-corrected chi connectivity index (χ4v) is 7.38. The maximum absolute atomic E-state index is 13.1. The number of thioether (sulfide) groups is 2. The molecular weight excluding hydrogens is 589 g/mol. The molecule has 0 aliphatic carbocycles. The molecule has 208 valence electrons. The first kappa shape index (κ1) is 29.0. The average molecular weight is 613 g/mol. The first-order valence-electron chi connectivity index (χ1n) is 11.4. The molecule has 13 nitrogen and oxygen atoms in total. The summed E-state index contributed by atoms with van der Waals surface area (Å²) in [4.78, 5) is 60.5. The molecule has 0 radical (unpaired) electrons. The first-order chi connectivity index (χ1) is 18.4. The summed E-state index contributed by atoms with van der Waals surface area (Å²) in [7, 11) is 0. The molecular formula is C22H24N6O7S4. The molecule has 2 amide bonds. The number of esters is 1. The Bertz CT molecular complexity index is 1330. The van der Waals surface area contributed by atoms with E-state index in [1.807, 2.05) is 6.92 Å². The molecule has 2 atom stereocenters. The average Bonchev–Trinajstić information content (AvgIpc) is 3.53. The number of nitrogens with one attached hydrogen (secondary N) is 1. The molecule has 2 aromatic heterocycles. The smallest absolute Gasteiger partial charge is 0.352 e. The minimum atomic E-state index is -1.22. The van der Waals surface area contributed by atoms with E-state index >= 15 is 0 Å². The van der Waals surface area contributed by atoms with Crippen molar-refractivity contribution < 1.29 is 33.9 Å². The van der Waals surface area contributed by atoms with E-state index in [1.54, 1.807) is 26.2 Å². The number of carboxylic acids is 1. The Hall–Kier alpha value is -3.02. The van der Waals surface area contributed by atoms with Crippen LogP contribution in [0.4, 0.5) is 0 Å². The molecule has 1 fully saturated rings. The van der Waals surface area contributed by atoms with Crippen LogP contribution in [0.25, 0.3) is 0 Å². The van der Waals surface area contributed by atoms with Gasteiger partial charge in [-0.2, -0.15) is 0 Å². The molecule has 0 aromatic carbocycles. The van der Waals surface area contributed by atoms with E-state index in [9.17, 15) is 24.3 Å². The Morgan fingerprint density at radius 2 is 2.08 bits per heavy atom. The number of aryl methyl sites for hydroxylation is 1. The SMILES string of the molecule is Cc1nnc(SCC2=C(C(=O)O)N3C(=O)C(NC(=O)C(=NOCC(=O)OC(C)(C)C)c4cscn4)[C@H]3SC2)s1. The van der Waals surface area contributed by atoms with E-state index in [0.29, 0.717) is 21.4 Å². The van der Waals surface area contributed by atoms with Crippen LogP contribution in [-0.4, -0.2) is 89.8 Å². The lowest BCUT2D eigenvalue weighted by Crippen LogP contribution is -2.71. The number of amides is 2. The predicted molar refractivity (Wildman–Crippen MR) is 146 cm³/mol. The van der Waals surface area contributed by atoms with Gasteiger partial charge in [-0.15, -0.1) is 33.3 Å². The molecule has 2 aromatic rings. The normalized spacial score (nSPS) is 19.3. The van der Waals surface area contributed by atoms with Crippen molar-refractivity contribution >= 4 is 75.7 Å². The third-order valence-electron chi connectivity index (χ3n) is 5.06. The lowest BCUT2D eigenvalue weighted by atomic mass is 10.0. The van der Waals surface area contributed by atoms with E-state index in [1.165, 1.54) is 56.6 Å². The molecule has 0 spiro atoms. The molecule has 0 bridgehead atoms. The van der Waals surface area contributed by atoms with Crippen molar-refractivity contribution in [2.75, 3.05) is 18.1 Å². The summed E-state index contributed by atoms with van der Waals surface area (Å²) in [6, 6.07) is -0.980. The number of rotatable bonds is 10. The van der Waals surface area contributed by atoms with Gasteiger partial charge in [0.05, 0.1) is 5.51 Å². The quantitative estimate of drug-likeness (QED) is 0.131. The molecule has 17 heteroatoms. The fraction of sp³-hybridized carbons (Fsp3) is 0.455. The lowest BCUT2D eigenvalue weighted by molar-refractivity contribution is -0.160. The van der Waals surface area contributed by atoms with E-state index in [0.717, 1.165) is 5.01 Å². The maximum Gasteiger partial charge on any atom is 0.352 e. The molecule has 1 unspecified atom stereocenters. The highest BCUT2D eigenvalue weighted by Gasteiger charge is 2.54. The summed E-state index contributed by atoms with van der Waals surface area (Å²) in [5, 5.41) is 26.0. The third-order valence-corrected chi connectivity index (χ3v) is 9.05. The van der Waals surface area contributed by atoms with Crippen molar-refractivity contribution in [1.29, 1.82) is 0 Å². The Labute approximate surface area is 239 Å². The van der Waals surface area contributed by atoms with Crippen LogP contribution < -0.4 is 5.32 Å². The number of oxime groups is 1. The number of β-lactam (4-membered cyclic amide) rings is 1. The number of carbonyl (C=O) groups excluding carboxylic acids is 3. The second-order valence-electron chi connectivity index (χ2n) is 9.17. The van der Waals surface area contributed by atoms with Gasteiger partial charge in [-0.1, -0.05) is 28.3 Å². The zero-order chi connectivity index (χ0) is 28.3. The van der Waals surface area contributed by atoms with Gasteiger partial charge in [0.15, 0.2) is 10.1 Å². The van der Waals surface area contributed by atoms with Gasteiger partial charge >= 0.3 is 11.9 Å². The van der Waals surface area contributed by atoms with Crippen molar-refractivity contribution in [1.82, 2.24) is 25.4 Å². The van der Waals surface area contributed by atoms with E-state index in [2.05, 4.69) is 25.7 Å². The van der Waals surface area contributed by atoms with Crippen molar-refractivity contribution in [2.45, 2.75) is 49.1 Å². The monoisotopic (exact) mass is 612 g/mol. The third kappa shape index (κ3) is 6.95. The van der Waals surface area contributed by atoms with E-state index < -0.39 is 47.4 Å². The van der Waals surface area contributed by atoms with Crippen LogP contribution in [0.1, 0.15) is 31.5 Å². The van der Waals surface area contributed by atoms with Gasteiger partial charge in [0.25, 0.3) is 11.8 Å². The van der Waals surface area contributed by atoms with Gasteiger partial charge in [0, 0.05) is 16.9 Å². The standard InChI is InChI=1S/C22H24N6O7S4/c1-10-25-26-21(39-10)38-7-11-6-37-19-15(18(31)28(19)16(11)20(32)33)24-17(30)14(12-8-36-9-23-12)27-34-5-13(29)35-22(2,3)4/h8-9,15,19H,5-7H2,1-4H3,(H,24,30)(H,32,33)/t15?,19-/m1/s1. The molecule has 4 rings (SSSR count). The number of carboxylic acid groups (broad SMARTS) is 1. The highest BCUT2D eigenvalue weighted by molar-refractivity contribution is 8.01. The van der Waals surface area contributed by atoms with Gasteiger partial charge in [-0.05, 0) is 33.3 Å². The van der Waals surface area contributed by atoms with Gasteiger partial charge in [0.2, 0.25) is 6.61 Å². The zero-order valence-corrected chi connectivity index (χ0v) is 24.5. The number of hydrogen-bond acceptors (Lipinski definition) is 14. The largest absolute Gasteiger partial charge is 0.477 e. The summed E-state index contributed by atoms with van der Waals surface area (Å²) >= 11 is 5.33. The van der Waals surface area contributed by atoms with Crippen LogP contribution in [0.15, 0.2) is 31.7 Å². The number of hydrogen-bond donors (Lipinski definition) is 2. The number of fused-ring (bicyclic) bond motifs is 1. The molecule has 4 heterocycles. The minimum Gasteiger partial charge on any atom is -0.477 e. The topological polar surface area (TPSA) is 173 Å². The Balaban J connectivity index is 1.44. The molecule has 2 aliphatic heterocycles. The summed E-state index contributed by atoms with van der Waals surface area (Å²) in [5.74, 6) is -2.50. The fourth-order valence-electron chi connectivity index (χ4n) is 3.54. The van der Waals surface area contributed by atoms with Gasteiger partial charge in [-0.25, -0.2) is 14.6 Å². The summed E-state index contributed by atoms with van der Waals surface area (Å²) in [5.41, 5.74) is 1.24.